The van der Waals surface area contributed by atoms with Gasteiger partial charge in [0, 0.05) is 6.42 Å². The minimum atomic E-state index is -0.386. The Bertz CT molecular complexity index is 379. The van der Waals surface area contributed by atoms with Crippen LogP contribution in [0.2, 0.25) is 0 Å². The number of hydrogen-bond donors (Lipinski definition) is 0. The Balaban J connectivity index is 2.30. The molecule has 2 rings (SSSR count). The highest BCUT2D eigenvalue weighted by Gasteiger charge is 2.61. The lowest BCUT2D eigenvalue weighted by molar-refractivity contribution is -0.142. The second-order valence-corrected chi connectivity index (χ2v) is 6.61. The van der Waals surface area contributed by atoms with Gasteiger partial charge in [0.15, 0.2) is 0 Å². The van der Waals surface area contributed by atoms with E-state index in [-0.39, 0.29) is 17.2 Å². The van der Waals surface area contributed by atoms with E-state index in [0.717, 1.165) is 25.7 Å². The summed E-state index contributed by atoms with van der Waals surface area (Å²) < 4.78 is 6.03. The first-order valence-electron chi connectivity index (χ1n) is 7.49. The van der Waals surface area contributed by atoms with E-state index < -0.39 is 0 Å². The van der Waals surface area contributed by atoms with Gasteiger partial charge < -0.3 is 9.64 Å². The first-order valence-corrected chi connectivity index (χ1v) is 7.49. The molecule has 0 saturated carbocycles. The molecule has 2 fully saturated rings. The molecule has 2 aliphatic heterocycles. The molecule has 0 radical (unpaired) electrons. The molecule has 2 aliphatic rings. The Morgan fingerprint density at radius 3 is 2.79 bits per heavy atom. The summed E-state index contributed by atoms with van der Waals surface area (Å²) in [7, 11) is 0. The van der Waals surface area contributed by atoms with Crippen LogP contribution in [0.4, 0.5) is 0 Å². The summed E-state index contributed by atoms with van der Waals surface area (Å²) in [4.78, 5) is 15.0. The first kappa shape index (κ1) is 14.6. The average molecular weight is 265 g/mol. The molecule has 2 saturated heterocycles. The van der Waals surface area contributed by atoms with Crippen LogP contribution in [0.3, 0.4) is 0 Å². The molecule has 0 aromatic heterocycles. The maximum atomic E-state index is 13.0. The highest BCUT2D eigenvalue weighted by Crippen LogP contribution is 2.52. The third-order valence-electron chi connectivity index (χ3n) is 5.02. The van der Waals surface area contributed by atoms with Crippen LogP contribution in [0.15, 0.2) is 12.7 Å². The maximum absolute atomic E-state index is 13.0. The van der Waals surface area contributed by atoms with Gasteiger partial charge in [0.05, 0.1) is 18.1 Å². The van der Waals surface area contributed by atoms with Gasteiger partial charge in [-0.3, -0.25) is 4.79 Å². The largest absolute Gasteiger partial charge is 0.354 e. The maximum Gasteiger partial charge on any atom is 0.231 e. The van der Waals surface area contributed by atoms with Gasteiger partial charge in [-0.2, -0.15) is 0 Å². The monoisotopic (exact) mass is 265 g/mol. The summed E-state index contributed by atoms with van der Waals surface area (Å²) in [6.07, 6.45) is 5.42. The predicted octanol–water partition coefficient (Wildman–Crippen LogP) is 3.35. The Morgan fingerprint density at radius 2 is 2.26 bits per heavy atom. The van der Waals surface area contributed by atoms with E-state index in [0.29, 0.717) is 18.4 Å². The smallest absolute Gasteiger partial charge is 0.231 e. The van der Waals surface area contributed by atoms with Crippen LogP contribution >= 0.6 is 0 Å². The van der Waals surface area contributed by atoms with Crippen molar-refractivity contribution in [1.29, 1.82) is 0 Å². The van der Waals surface area contributed by atoms with E-state index in [2.05, 4.69) is 34.3 Å². The molecule has 0 spiro atoms. The van der Waals surface area contributed by atoms with Gasteiger partial charge in [-0.1, -0.05) is 26.8 Å². The second-order valence-electron chi connectivity index (χ2n) is 6.61. The van der Waals surface area contributed by atoms with Crippen LogP contribution in [0.1, 0.15) is 53.4 Å². The lowest BCUT2D eigenvalue weighted by Gasteiger charge is -2.31. The quantitative estimate of drug-likeness (QED) is 0.713. The molecule has 0 bridgehead atoms. The summed E-state index contributed by atoms with van der Waals surface area (Å²) in [5, 5.41) is 0. The van der Waals surface area contributed by atoms with Gasteiger partial charge in [0.1, 0.15) is 5.72 Å². The van der Waals surface area contributed by atoms with E-state index >= 15 is 0 Å². The fraction of sp³-hybridized carbons (Fsp3) is 0.812. The van der Waals surface area contributed by atoms with Crippen molar-refractivity contribution in [3.63, 3.8) is 0 Å². The molecule has 2 heterocycles. The molecule has 0 N–H and O–H groups in total. The minimum absolute atomic E-state index is 0.231. The molecule has 0 aliphatic carbocycles. The molecule has 3 heteroatoms. The third kappa shape index (κ3) is 2.12. The summed E-state index contributed by atoms with van der Waals surface area (Å²) in [5.41, 5.74) is -0.625. The van der Waals surface area contributed by atoms with Crippen molar-refractivity contribution in [2.24, 2.45) is 11.3 Å². The van der Waals surface area contributed by atoms with E-state index in [9.17, 15) is 4.79 Å². The second kappa shape index (κ2) is 4.93. The van der Waals surface area contributed by atoms with Crippen molar-refractivity contribution in [2.75, 3.05) is 6.61 Å². The molecule has 1 amide bonds. The number of nitrogens with zero attached hydrogens (tertiary/aromatic N) is 1. The van der Waals surface area contributed by atoms with Crippen molar-refractivity contribution >= 4 is 5.91 Å². The zero-order valence-corrected chi connectivity index (χ0v) is 12.7. The minimum Gasteiger partial charge on any atom is -0.354 e. The molecule has 0 aromatic rings. The number of fused-ring (bicyclic) bond motifs is 1. The van der Waals surface area contributed by atoms with Gasteiger partial charge in [0.25, 0.3) is 0 Å². The lowest BCUT2D eigenvalue weighted by atomic mass is 9.77. The lowest BCUT2D eigenvalue weighted by Crippen LogP contribution is -2.46. The summed E-state index contributed by atoms with van der Waals surface area (Å²) in [6.45, 7) is 13.0. The zero-order valence-electron chi connectivity index (χ0n) is 12.7. The average Bonchev–Trinajstić information content (AvgIpc) is 2.80. The topological polar surface area (TPSA) is 29.5 Å². The SMILES string of the molecule is C=CCC[C@]1(CC)C[C@@]2(C)OC[C@H](C(C)C)N2C1=O. The highest BCUT2D eigenvalue weighted by molar-refractivity contribution is 5.86. The Morgan fingerprint density at radius 1 is 1.58 bits per heavy atom. The summed E-state index contributed by atoms with van der Waals surface area (Å²) in [5.74, 6) is 0.744. The molecule has 0 unspecified atom stereocenters. The zero-order chi connectivity index (χ0) is 14.3. The third-order valence-corrected chi connectivity index (χ3v) is 5.02. The molecule has 3 atom stereocenters. The van der Waals surface area contributed by atoms with Gasteiger partial charge in [-0.05, 0) is 32.1 Å². The molecule has 3 nitrogen and oxygen atoms in total. The molecular weight excluding hydrogens is 238 g/mol. The number of carbonyl (C=O) groups excluding carboxylic acids is 1. The number of carbonyl (C=O) groups is 1. The number of rotatable bonds is 5. The number of allylic oxidation sites excluding steroid dienone is 1. The number of amides is 1. The van der Waals surface area contributed by atoms with E-state index in [1.54, 1.807) is 0 Å². The Kier molecular flexibility index (Phi) is 3.78. The van der Waals surface area contributed by atoms with E-state index in [1.165, 1.54) is 0 Å². The van der Waals surface area contributed by atoms with Crippen molar-refractivity contribution in [1.82, 2.24) is 4.90 Å². The van der Waals surface area contributed by atoms with Crippen LogP contribution in [-0.4, -0.2) is 29.2 Å². The Labute approximate surface area is 117 Å². The first-order chi connectivity index (χ1) is 8.90. The van der Waals surface area contributed by atoms with Crippen LogP contribution in [0.25, 0.3) is 0 Å². The van der Waals surface area contributed by atoms with Gasteiger partial charge in [-0.15, -0.1) is 6.58 Å². The van der Waals surface area contributed by atoms with E-state index in [4.69, 9.17) is 4.74 Å². The number of ether oxygens (including phenoxy) is 1. The van der Waals surface area contributed by atoms with Crippen molar-refractivity contribution in [2.45, 2.75) is 65.1 Å². The fourth-order valence-electron chi connectivity index (χ4n) is 3.74. The fourth-order valence-corrected chi connectivity index (χ4v) is 3.74. The molecular formula is C16H27NO2. The highest BCUT2D eigenvalue weighted by atomic mass is 16.5. The van der Waals surface area contributed by atoms with Gasteiger partial charge in [0.2, 0.25) is 5.91 Å². The normalized spacial score (nSPS) is 38.1. The summed E-state index contributed by atoms with van der Waals surface area (Å²) >= 11 is 0. The van der Waals surface area contributed by atoms with Crippen molar-refractivity contribution in [3.05, 3.63) is 12.7 Å². The molecule has 19 heavy (non-hydrogen) atoms. The number of hydrogen-bond acceptors (Lipinski definition) is 2. The van der Waals surface area contributed by atoms with Crippen LogP contribution in [0, 0.1) is 11.3 Å². The predicted molar refractivity (Wildman–Crippen MR) is 76.6 cm³/mol. The summed E-state index contributed by atoms with van der Waals surface area (Å²) in [6, 6.07) is 0.231. The van der Waals surface area contributed by atoms with Crippen molar-refractivity contribution in [3.8, 4) is 0 Å². The molecule has 108 valence electrons. The standard InChI is InChI=1S/C16H27NO2/c1-6-8-9-16(7-2)11-15(5)17(14(16)18)13(10-19-15)12(3)4/h6,12-13H,1,7-11H2,2-5H3/t13-,15-,16-/m1/s1. The Hall–Kier alpha value is -0.830. The van der Waals surface area contributed by atoms with Crippen LogP contribution in [-0.2, 0) is 9.53 Å². The molecule has 0 aromatic carbocycles. The van der Waals surface area contributed by atoms with Crippen molar-refractivity contribution < 1.29 is 9.53 Å². The van der Waals surface area contributed by atoms with Gasteiger partial charge >= 0.3 is 0 Å². The van der Waals surface area contributed by atoms with Crippen LogP contribution in [0.5, 0.6) is 0 Å². The van der Waals surface area contributed by atoms with E-state index in [1.807, 2.05) is 11.0 Å². The van der Waals surface area contributed by atoms with Gasteiger partial charge in [-0.25, -0.2) is 0 Å². The van der Waals surface area contributed by atoms with Crippen LogP contribution < -0.4 is 0 Å².